The summed E-state index contributed by atoms with van der Waals surface area (Å²) in [5, 5.41) is 0. The fourth-order valence-electron chi connectivity index (χ4n) is 1.58. The number of carbonyl (C=O) groups is 2. The van der Waals surface area contributed by atoms with E-state index in [9.17, 15) is 9.59 Å². The molecule has 2 amide bonds. The standard InChI is InChI=1S/C13H15NO5/c1-8(15)14(4)12(16)17-9-6-5-7-10-11(9)19-13(2,3)18-10/h5-7H,1-4H3. The fraction of sp³-hybridized carbons (Fsp3) is 0.385. The van der Waals surface area contributed by atoms with Crippen LogP contribution >= 0.6 is 0 Å². The normalized spacial score (nSPS) is 14.9. The monoisotopic (exact) mass is 265 g/mol. The lowest BCUT2D eigenvalue weighted by Gasteiger charge is -2.17. The Morgan fingerprint density at radius 3 is 2.58 bits per heavy atom. The zero-order valence-electron chi connectivity index (χ0n) is 11.2. The average molecular weight is 265 g/mol. The summed E-state index contributed by atoms with van der Waals surface area (Å²) >= 11 is 0. The second-order valence-corrected chi connectivity index (χ2v) is 4.63. The number of hydrogen-bond acceptors (Lipinski definition) is 5. The third kappa shape index (κ3) is 2.62. The summed E-state index contributed by atoms with van der Waals surface area (Å²) in [4.78, 5) is 23.7. The number of nitrogens with zero attached hydrogens (tertiary/aromatic N) is 1. The van der Waals surface area contributed by atoms with E-state index in [4.69, 9.17) is 14.2 Å². The summed E-state index contributed by atoms with van der Waals surface area (Å²) in [6.07, 6.45) is -0.769. The number of amides is 2. The van der Waals surface area contributed by atoms with Gasteiger partial charge in [0, 0.05) is 27.8 Å². The molecule has 1 aliphatic heterocycles. The maximum absolute atomic E-state index is 11.7. The molecule has 6 heteroatoms. The van der Waals surface area contributed by atoms with Gasteiger partial charge in [-0.15, -0.1) is 0 Å². The minimum absolute atomic E-state index is 0.223. The fourth-order valence-corrected chi connectivity index (χ4v) is 1.58. The van der Waals surface area contributed by atoms with E-state index in [-0.39, 0.29) is 5.75 Å². The Morgan fingerprint density at radius 1 is 1.26 bits per heavy atom. The lowest BCUT2D eigenvalue weighted by molar-refractivity contribution is -0.125. The maximum atomic E-state index is 11.7. The van der Waals surface area contributed by atoms with E-state index in [1.54, 1.807) is 32.0 Å². The minimum Gasteiger partial charge on any atom is -0.449 e. The van der Waals surface area contributed by atoms with Crippen molar-refractivity contribution >= 4 is 12.0 Å². The van der Waals surface area contributed by atoms with Gasteiger partial charge in [-0.2, -0.15) is 0 Å². The van der Waals surface area contributed by atoms with Crippen LogP contribution in [0.3, 0.4) is 0 Å². The van der Waals surface area contributed by atoms with Crippen molar-refractivity contribution in [3.63, 3.8) is 0 Å². The third-order valence-electron chi connectivity index (χ3n) is 2.59. The Bertz CT molecular complexity index is 538. The molecule has 2 rings (SSSR count). The molecule has 0 aliphatic carbocycles. The molecule has 0 saturated heterocycles. The van der Waals surface area contributed by atoms with Crippen molar-refractivity contribution in [2.45, 2.75) is 26.6 Å². The number of ether oxygens (including phenoxy) is 3. The second-order valence-electron chi connectivity index (χ2n) is 4.63. The van der Waals surface area contributed by atoms with Gasteiger partial charge in [-0.1, -0.05) is 6.07 Å². The molecule has 0 saturated carbocycles. The van der Waals surface area contributed by atoms with Gasteiger partial charge >= 0.3 is 6.09 Å². The van der Waals surface area contributed by atoms with E-state index in [0.717, 1.165) is 4.90 Å². The number of fused-ring (bicyclic) bond motifs is 1. The summed E-state index contributed by atoms with van der Waals surface area (Å²) in [6.45, 7) is 4.78. The van der Waals surface area contributed by atoms with E-state index >= 15 is 0 Å². The predicted octanol–water partition coefficient (Wildman–Crippen LogP) is 2.17. The van der Waals surface area contributed by atoms with Crippen LogP contribution in [0.15, 0.2) is 18.2 Å². The van der Waals surface area contributed by atoms with Crippen molar-refractivity contribution in [2.24, 2.45) is 0 Å². The van der Waals surface area contributed by atoms with Gasteiger partial charge in [0.15, 0.2) is 11.5 Å². The van der Waals surface area contributed by atoms with Crippen molar-refractivity contribution in [3.05, 3.63) is 18.2 Å². The lowest BCUT2D eigenvalue weighted by Crippen LogP contribution is -2.33. The van der Waals surface area contributed by atoms with Crippen molar-refractivity contribution in [1.82, 2.24) is 4.90 Å². The molecule has 1 aliphatic rings. The molecular weight excluding hydrogens is 250 g/mol. The van der Waals surface area contributed by atoms with Crippen LogP contribution in [0.25, 0.3) is 0 Å². The highest BCUT2D eigenvalue weighted by molar-refractivity contribution is 5.91. The van der Waals surface area contributed by atoms with Crippen LogP contribution in [-0.2, 0) is 4.79 Å². The molecule has 0 radical (unpaired) electrons. The van der Waals surface area contributed by atoms with Crippen LogP contribution in [0, 0.1) is 0 Å². The number of hydrogen-bond donors (Lipinski definition) is 0. The third-order valence-corrected chi connectivity index (χ3v) is 2.59. The molecular formula is C13H15NO5. The molecule has 0 aromatic heterocycles. The molecule has 0 unspecified atom stereocenters. The number of para-hydroxylation sites is 1. The van der Waals surface area contributed by atoms with Gasteiger partial charge in [-0.3, -0.25) is 9.69 Å². The van der Waals surface area contributed by atoms with Crippen LogP contribution in [0.2, 0.25) is 0 Å². The Balaban J connectivity index is 2.23. The topological polar surface area (TPSA) is 65.1 Å². The Labute approximate surface area is 110 Å². The highest BCUT2D eigenvalue weighted by atomic mass is 16.7. The molecule has 102 valence electrons. The molecule has 1 aromatic carbocycles. The van der Waals surface area contributed by atoms with Crippen LogP contribution in [0.5, 0.6) is 17.2 Å². The van der Waals surface area contributed by atoms with Gasteiger partial charge < -0.3 is 14.2 Å². The maximum Gasteiger partial charge on any atom is 0.421 e. The van der Waals surface area contributed by atoms with Gasteiger partial charge in [-0.05, 0) is 12.1 Å². The summed E-state index contributed by atoms with van der Waals surface area (Å²) in [7, 11) is 1.34. The van der Waals surface area contributed by atoms with E-state index in [1.807, 2.05) is 0 Å². The summed E-state index contributed by atoms with van der Waals surface area (Å²) < 4.78 is 16.2. The number of benzene rings is 1. The lowest BCUT2D eigenvalue weighted by atomic mass is 10.3. The van der Waals surface area contributed by atoms with Crippen molar-refractivity contribution < 1.29 is 23.8 Å². The molecule has 0 spiro atoms. The largest absolute Gasteiger partial charge is 0.449 e. The van der Waals surface area contributed by atoms with E-state index in [1.165, 1.54) is 14.0 Å². The molecule has 1 heterocycles. The summed E-state index contributed by atoms with van der Waals surface area (Å²) in [6, 6.07) is 4.98. The first-order valence-corrected chi connectivity index (χ1v) is 5.77. The zero-order valence-corrected chi connectivity index (χ0v) is 11.2. The molecule has 0 fully saturated rings. The van der Waals surface area contributed by atoms with Crippen LogP contribution in [0.4, 0.5) is 4.79 Å². The number of rotatable bonds is 1. The van der Waals surface area contributed by atoms with Gasteiger partial charge in [0.25, 0.3) is 0 Å². The van der Waals surface area contributed by atoms with Crippen molar-refractivity contribution in [3.8, 4) is 17.2 Å². The average Bonchev–Trinajstić information content (AvgIpc) is 2.63. The Morgan fingerprint density at radius 2 is 1.95 bits per heavy atom. The summed E-state index contributed by atoms with van der Waals surface area (Å²) in [5.74, 6) is -0.132. The molecule has 1 aromatic rings. The van der Waals surface area contributed by atoms with Crippen LogP contribution in [0.1, 0.15) is 20.8 Å². The first-order chi connectivity index (χ1) is 8.80. The molecule has 0 bridgehead atoms. The van der Waals surface area contributed by atoms with Gasteiger partial charge in [0.1, 0.15) is 0 Å². The van der Waals surface area contributed by atoms with Crippen molar-refractivity contribution in [1.29, 1.82) is 0 Å². The SMILES string of the molecule is CC(=O)N(C)C(=O)Oc1cccc2c1OC(C)(C)O2. The quantitative estimate of drug-likeness (QED) is 0.778. The van der Waals surface area contributed by atoms with Crippen LogP contribution in [-0.4, -0.2) is 29.7 Å². The Kier molecular flexibility index (Phi) is 3.09. The second kappa shape index (κ2) is 4.46. The number of carbonyl (C=O) groups excluding carboxylic acids is 2. The van der Waals surface area contributed by atoms with Gasteiger partial charge in [0.2, 0.25) is 17.4 Å². The highest BCUT2D eigenvalue weighted by Gasteiger charge is 2.34. The van der Waals surface area contributed by atoms with Gasteiger partial charge in [0.05, 0.1) is 0 Å². The summed E-state index contributed by atoms with van der Waals surface area (Å²) in [5.41, 5.74) is 0. The Hall–Kier alpha value is -2.24. The molecule has 0 N–H and O–H groups in total. The number of imide groups is 1. The van der Waals surface area contributed by atoms with E-state index < -0.39 is 17.8 Å². The van der Waals surface area contributed by atoms with E-state index in [2.05, 4.69) is 0 Å². The predicted molar refractivity (Wildman–Crippen MR) is 66.2 cm³/mol. The zero-order chi connectivity index (χ0) is 14.2. The van der Waals surface area contributed by atoms with Crippen LogP contribution < -0.4 is 14.2 Å². The highest BCUT2D eigenvalue weighted by Crippen LogP contribution is 2.45. The molecule has 6 nitrogen and oxygen atoms in total. The minimum atomic E-state index is -0.808. The van der Waals surface area contributed by atoms with E-state index in [0.29, 0.717) is 11.5 Å². The smallest absolute Gasteiger partial charge is 0.421 e. The first kappa shape index (κ1) is 13.2. The molecule has 0 atom stereocenters. The first-order valence-electron chi connectivity index (χ1n) is 5.77. The van der Waals surface area contributed by atoms with Crippen molar-refractivity contribution in [2.75, 3.05) is 7.05 Å². The van der Waals surface area contributed by atoms with Gasteiger partial charge in [-0.25, -0.2) is 4.79 Å². The molecule has 19 heavy (non-hydrogen) atoms.